The molecule has 0 radical (unpaired) electrons. The second kappa shape index (κ2) is 7.04. The van der Waals surface area contributed by atoms with Crippen molar-refractivity contribution >= 4 is 17.8 Å². The Morgan fingerprint density at radius 2 is 2.04 bits per heavy atom. The zero-order chi connectivity index (χ0) is 16.9. The van der Waals surface area contributed by atoms with Gasteiger partial charge in [-0.1, -0.05) is 12.1 Å². The Labute approximate surface area is 140 Å². The van der Waals surface area contributed by atoms with Gasteiger partial charge in [-0.25, -0.2) is 5.43 Å². The first-order valence-electron chi connectivity index (χ1n) is 7.67. The van der Waals surface area contributed by atoms with Gasteiger partial charge in [0.2, 0.25) is 6.79 Å². The van der Waals surface area contributed by atoms with E-state index in [1.807, 2.05) is 49.4 Å². The van der Waals surface area contributed by atoms with Crippen LogP contribution in [0.5, 0.6) is 11.5 Å². The van der Waals surface area contributed by atoms with Crippen LogP contribution in [-0.4, -0.2) is 25.0 Å². The van der Waals surface area contributed by atoms with Crippen molar-refractivity contribution < 1.29 is 14.3 Å². The Balaban J connectivity index is 1.54. The lowest BCUT2D eigenvalue weighted by molar-refractivity contribution is -0.121. The van der Waals surface area contributed by atoms with E-state index in [9.17, 15) is 4.79 Å². The number of rotatable bonds is 5. The summed E-state index contributed by atoms with van der Waals surface area (Å²) in [5.74, 6) is 1.18. The molecular weight excluding hydrogens is 306 g/mol. The van der Waals surface area contributed by atoms with Gasteiger partial charge in [-0.3, -0.25) is 4.79 Å². The lowest BCUT2D eigenvalue weighted by Gasteiger charge is -2.13. The Kier molecular flexibility index (Phi) is 4.65. The molecule has 24 heavy (non-hydrogen) atoms. The van der Waals surface area contributed by atoms with E-state index >= 15 is 0 Å². The third-order valence-electron chi connectivity index (χ3n) is 3.58. The van der Waals surface area contributed by atoms with Crippen molar-refractivity contribution in [2.75, 3.05) is 12.1 Å². The number of carbonyl (C=O) groups is 1. The predicted molar refractivity (Wildman–Crippen MR) is 92.6 cm³/mol. The van der Waals surface area contributed by atoms with Gasteiger partial charge in [0.1, 0.15) is 6.04 Å². The molecule has 6 heteroatoms. The zero-order valence-electron chi connectivity index (χ0n) is 13.6. The molecule has 0 bridgehead atoms. The van der Waals surface area contributed by atoms with Crippen molar-refractivity contribution in [3.8, 4) is 11.5 Å². The maximum absolute atomic E-state index is 12.1. The number of benzene rings is 2. The molecule has 0 saturated carbocycles. The molecule has 2 aromatic carbocycles. The van der Waals surface area contributed by atoms with Crippen molar-refractivity contribution in [1.29, 1.82) is 0 Å². The van der Waals surface area contributed by atoms with Crippen molar-refractivity contribution in [1.82, 2.24) is 5.43 Å². The molecule has 1 atom stereocenters. The third-order valence-corrected chi connectivity index (χ3v) is 3.58. The standard InChI is InChI=1S/C18H19N3O3/c1-12-4-3-5-15(8-12)20-13(2)18(22)21-19-10-14-6-7-16-17(9-14)24-11-23-16/h3-10,13,20H,11H2,1-2H3,(H,21,22)/b19-10-/t13-/m1/s1. The summed E-state index contributed by atoms with van der Waals surface area (Å²) < 4.78 is 10.5. The fraction of sp³-hybridized carbons (Fsp3) is 0.222. The molecule has 6 nitrogen and oxygen atoms in total. The Bertz CT molecular complexity index is 774. The van der Waals surface area contributed by atoms with Gasteiger partial charge in [0.15, 0.2) is 11.5 Å². The number of nitrogens with one attached hydrogen (secondary N) is 2. The first kappa shape index (κ1) is 15.9. The van der Waals surface area contributed by atoms with Gasteiger partial charge < -0.3 is 14.8 Å². The lowest BCUT2D eigenvalue weighted by Crippen LogP contribution is -2.34. The maximum Gasteiger partial charge on any atom is 0.262 e. The fourth-order valence-electron chi connectivity index (χ4n) is 2.31. The van der Waals surface area contributed by atoms with E-state index in [-0.39, 0.29) is 12.7 Å². The molecule has 1 heterocycles. The SMILES string of the molecule is Cc1cccc(N[C@H](C)C(=O)N/N=C\c2ccc3c(c2)OCO3)c1. The zero-order valence-corrected chi connectivity index (χ0v) is 13.6. The average Bonchev–Trinajstić information content (AvgIpc) is 3.02. The van der Waals surface area contributed by atoms with Gasteiger partial charge in [-0.15, -0.1) is 0 Å². The molecule has 0 spiro atoms. The molecule has 1 amide bonds. The van der Waals surface area contributed by atoms with Gasteiger partial charge >= 0.3 is 0 Å². The number of fused-ring (bicyclic) bond motifs is 1. The van der Waals surface area contributed by atoms with Gasteiger partial charge in [0, 0.05) is 5.69 Å². The maximum atomic E-state index is 12.1. The second-order valence-electron chi connectivity index (χ2n) is 5.58. The Morgan fingerprint density at radius 1 is 1.21 bits per heavy atom. The van der Waals surface area contributed by atoms with Crippen LogP contribution in [0, 0.1) is 6.92 Å². The van der Waals surface area contributed by atoms with Crippen LogP contribution < -0.4 is 20.2 Å². The number of amides is 1. The molecule has 0 aliphatic carbocycles. The van der Waals surface area contributed by atoms with Gasteiger partial charge in [0.25, 0.3) is 5.91 Å². The number of hydrazone groups is 1. The van der Waals surface area contributed by atoms with Crippen LogP contribution in [0.1, 0.15) is 18.1 Å². The summed E-state index contributed by atoms with van der Waals surface area (Å²) in [4.78, 5) is 12.1. The summed E-state index contributed by atoms with van der Waals surface area (Å²) >= 11 is 0. The van der Waals surface area contributed by atoms with Crippen LogP contribution >= 0.6 is 0 Å². The molecule has 1 aliphatic heterocycles. The number of anilines is 1. The summed E-state index contributed by atoms with van der Waals surface area (Å²) in [5.41, 5.74) is 5.38. The molecule has 2 N–H and O–H groups in total. The van der Waals surface area contributed by atoms with E-state index in [2.05, 4.69) is 15.8 Å². The third kappa shape index (κ3) is 3.84. The Morgan fingerprint density at radius 3 is 2.88 bits per heavy atom. The van der Waals surface area contributed by atoms with Crippen LogP contribution in [0.2, 0.25) is 0 Å². The van der Waals surface area contributed by atoms with Gasteiger partial charge in [-0.05, 0) is 55.3 Å². The van der Waals surface area contributed by atoms with Crippen LogP contribution in [0.4, 0.5) is 5.69 Å². The number of ether oxygens (including phenoxy) is 2. The van der Waals surface area contributed by atoms with E-state index in [0.29, 0.717) is 11.5 Å². The summed E-state index contributed by atoms with van der Waals surface area (Å²) in [5, 5.41) is 7.13. The summed E-state index contributed by atoms with van der Waals surface area (Å²) in [6, 6.07) is 12.9. The summed E-state index contributed by atoms with van der Waals surface area (Å²) in [7, 11) is 0. The number of nitrogens with zero attached hydrogens (tertiary/aromatic N) is 1. The molecule has 1 aliphatic rings. The molecular formula is C18H19N3O3. The number of hydrogen-bond acceptors (Lipinski definition) is 5. The quantitative estimate of drug-likeness (QED) is 0.655. The topological polar surface area (TPSA) is 72.0 Å². The van der Waals surface area contributed by atoms with E-state index in [1.54, 1.807) is 13.1 Å². The Hall–Kier alpha value is -3.02. The van der Waals surface area contributed by atoms with Crippen molar-refractivity contribution in [2.45, 2.75) is 19.9 Å². The molecule has 0 aromatic heterocycles. The highest BCUT2D eigenvalue weighted by Gasteiger charge is 2.13. The van der Waals surface area contributed by atoms with Gasteiger partial charge in [-0.2, -0.15) is 5.10 Å². The number of aryl methyl sites for hydroxylation is 1. The van der Waals surface area contributed by atoms with E-state index < -0.39 is 6.04 Å². The minimum absolute atomic E-state index is 0.214. The van der Waals surface area contributed by atoms with E-state index in [0.717, 1.165) is 16.8 Å². The molecule has 0 fully saturated rings. The smallest absolute Gasteiger partial charge is 0.262 e. The summed E-state index contributed by atoms with van der Waals surface area (Å²) in [6.45, 7) is 4.02. The highest BCUT2D eigenvalue weighted by atomic mass is 16.7. The minimum atomic E-state index is -0.402. The fourth-order valence-corrected chi connectivity index (χ4v) is 2.31. The van der Waals surface area contributed by atoms with Crippen LogP contribution in [0.15, 0.2) is 47.6 Å². The van der Waals surface area contributed by atoms with Crippen LogP contribution in [0.3, 0.4) is 0 Å². The van der Waals surface area contributed by atoms with Gasteiger partial charge in [0.05, 0.1) is 6.21 Å². The first-order valence-corrected chi connectivity index (χ1v) is 7.67. The van der Waals surface area contributed by atoms with Crippen molar-refractivity contribution in [2.24, 2.45) is 5.10 Å². The summed E-state index contributed by atoms with van der Waals surface area (Å²) in [6.07, 6.45) is 1.57. The molecule has 124 valence electrons. The normalized spacial score (nSPS) is 13.8. The van der Waals surface area contributed by atoms with Crippen LogP contribution in [-0.2, 0) is 4.79 Å². The van der Waals surface area contributed by atoms with E-state index in [4.69, 9.17) is 9.47 Å². The predicted octanol–water partition coefficient (Wildman–Crippen LogP) is 2.67. The van der Waals surface area contributed by atoms with E-state index in [1.165, 1.54) is 0 Å². The monoisotopic (exact) mass is 325 g/mol. The second-order valence-corrected chi connectivity index (χ2v) is 5.58. The van der Waals surface area contributed by atoms with Crippen molar-refractivity contribution in [3.05, 3.63) is 53.6 Å². The average molecular weight is 325 g/mol. The largest absolute Gasteiger partial charge is 0.454 e. The molecule has 2 aromatic rings. The number of hydrogen-bond donors (Lipinski definition) is 2. The molecule has 3 rings (SSSR count). The lowest BCUT2D eigenvalue weighted by atomic mass is 10.2. The highest BCUT2D eigenvalue weighted by molar-refractivity contribution is 5.86. The molecule has 0 unspecified atom stereocenters. The highest BCUT2D eigenvalue weighted by Crippen LogP contribution is 2.31. The first-order chi connectivity index (χ1) is 11.6. The number of carbonyl (C=O) groups excluding carboxylic acids is 1. The minimum Gasteiger partial charge on any atom is -0.454 e. The van der Waals surface area contributed by atoms with Crippen LogP contribution in [0.25, 0.3) is 0 Å². The van der Waals surface area contributed by atoms with Crippen molar-refractivity contribution in [3.63, 3.8) is 0 Å². The molecule has 0 saturated heterocycles.